The van der Waals surface area contributed by atoms with Crippen LogP contribution in [0.3, 0.4) is 0 Å². The van der Waals surface area contributed by atoms with Gasteiger partial charge in [-0.1, -0.05) is 24.3 Å². The first-order valence-corrected chi connectivity index (χ1v) is 8.64. The van der Waals surface area contributed by atoms with Crippen LogP contribution >= 0.6 is 0 Å². The van der Waals surface area contributed by atoms with Crippen LogP contribution in [0.1, 0.15) is 38.8 Å². The van der Waals surface area contributed by atoms with E-state index in [1.54, 1.807) is 13.1 Å². The third-order valence-corrected chi connectivity index (χ3v) is 3.63. The van der Waals surface area contributed by atoms with Crippen molar-refractivity contribution in [1.82, 2.24) is 25.7 Å². The topological polar surface area (TPSA) is 88.1 Å². The standard InChI is InChI=1S/C19H27N5O2/c1-14(17(25)22-18(26)23-19(2,3)4)20-12-15-7-5-8-16(11-15)13-24-10-6-9-21-24/h5-11,14,20H,12-13H2,1-4H3,(H2,22,23,25,26)/t14-/m1/s1. The summed E-state index contributed by atoms with van der Waals surface area (Å²) in [6.07, 6.45) is 3.67. The lowest BCUT2D eigenvalue weighted by molar-refractivity contribution is -0.121. The van der Waals surface area contributed by atoms with E-state index < -0.39 is 17.6 Å². The molecule has 7 heteroatoms. The molecule has 140 valence electrons. The van der Waals surface area contributed by atoms with Gasteiger partial charge in [0.2, 0.25) is 5.91 Å². The molecule has 0 aliphatic carbocycles. The van der Waals surface area contributed by atoms with Crippen molar-refractivity contribution in [2.24, 2.45) is 0 Å². The molecule has 1 atom stereocenters. The largest absolute Gasteiger partial charge is 0.333 e. The molecule has 0 unspecified atom stereocenters. The highest BCUT2D eigenvalue weighted by atomic mass is 16.2. The minimum atomic E-state index is -0.490. The number of amides is 3. The van der Waals surface area contributed by atoms with E-state index in [2.05, 4.69) is 27.1 Å². The normalized spacial score (nSPS) is 12.5. The van der Waals surface area contributed by atoms with E-state index in [1.165, 1.54) is 0 Å². The van der Waals surface area contributed by atoms with Crippen LogP contribution in [0.5, 0.6) is 0 Å². The highest BCUT2D eigenvalue weighted by Gasteiger charge is 2.19. The van der Waals surface area contributed by atoms with Crippen LogP contribution in [0.15, 0.2) is 42.7 Å². The Morgan fingerprint density at radius 1 is 1.19 bits per heavy atom. The fraction of sp³-hybridized carbons (Fsp3) is 0.421. The van der Waals surface area contributed by atoms with Crippen molar-refractivity contribution in [3.63, 3.8) is 0 Å². The van der Waals surface area contributed by atoms with Gasteiger partial charge in [0.05, 0.1) is 12.6 Å². The molecule has 26 heavy (non-hydrogen) atoms. The number of aromatic nitrogens is 2. The molecule has 0 fully saturated rings. The Hall–Kier alpha value is -2.67. The Morgan fingerprint density at radius 2 is 1.92 bits per heavy atom. The second-order valence-corrected chi connectivity index (χ2v) is 7.32. The first-order chi connectivity index (χ1) is 12.2. The predicted molar refractivity (Wildman–Crippen MR) is 101 cm³/mol. The van der Waals surface area contributed by atoms with Gasteiger partial charge in [-0.2, -0.15) is 5.10 Å². The molecule has 0 saturated carbocycles. The number of benzene rings is 1. The molecule has 1 aromatic heterocycles. The van der Waals surface area contributed by atoms with Crippen LogP contribution in [0.4, 0.5) is 4.79 Å². The summed E-state index contributed by atoms with van der Waals surface area (Å²) in [5.74, 6) is -0.362. The van der Waals surface area contributed by atoms with Gasteiger partial charge in [-0.25, -0.2) is 4.79 Å². The Bertz CT molecular complexity index is 735. The first kappa shape index (κ1) is 19.7. The molecule has 0 saturated heterocycles. The molecule has 0 aliphatic heterocycles. The number of nitrogens with zero attached hydrogens (tertiary/aromatic N) is 2. The quantitative estimate of drug-likeness (QED) is 0.738. The van der Waals surface area contributed by atoms with Crippen molar-refractivity contribution in [2.75, 3.05) is 0 Å². The van der Waals surface area contributed by atoms with Gasteiger partial charge in [-0.15, -0.1) is 0 Å². The lowest BCUT2D eigenvalue weighted by Gasteiger charge is -2.21. The van der Waals surface area contributed by atoms with Crippen LogP contribution in [-0.2, 0) is 17.9 Å². The fourth-order valence-electron chi connectivity index (χ4n) is 2.37. The lowest BCUT2D eigenvalue weighted by Crippen LogP contribution is -2.52. The second kappa shape index (κ2) is 8.62. The average molecular weight is 357 g/mol. The number of carbonyl (C=O) groups is 2. The Labute approximate surface area is 154 Å². The first-order valence-electron chi connectivity index (χ1n) is 8.64. The maximum absolute atomic E-state index is 12.1. The van der Waals surface area contributed by atoms with Gasteiger partial charge in [-0.05, 0) is 44.9 Å². The molecular weight excluding hydrogens is 330 g/mol. The zero-order chi connectivity index (χ0) is 19.2. The molecule has 7 nitrogen and oxygen atoms in total. The number of hydrogen-bond acceptors (Lipinski definition) is 4. The van der Waals surface area contributed by atoms with E-state index in [0.29, 0.717) is 13.1 Å². The maximum Gasteiger partial charge on any atom is 0.321 e. The van der Waals surface area contributed by atoms with E-state index in [4.69, 9.17) is 0 Å². The van der Waals surface area contributed by atoms with Crippen LogP contribution in [0.25, 0.3) is 0 Å². The predicted octanol–water partition coefficient (Wildman–Crippen LogP) is 2.03. The third-order valence-electron chi connectivity index (χ3n) is 3.63. The summed E-state index contributed by atoms with van der Waals surface area (Å²) in [6, 6.07) is 9.01. The van der Waals surface area contributed by atoms with Crippen molar-refractivity contribution in [3.05, 3.63) is 53.9 Å². The molecule has 3 N–H and O–H groups in total. The summed E-state index contributed by atoms with van der Waals surface area (Å²) < 4.78 is 1.86. The molecule has 1 heterocycles. The SMILES string of the molecule is C[C@@H](NCc1cccc(Cn2cccn2)c1)C(=O)NC(=O)NC(C)(C)C. The molecule has 3 amide bonds. The summed E-state index contributed by atoms with van der Waals surface area (Å²) in [7, 11) is 0. The van der Waals surface area contributed by atoms with Gasteiger partial charge >= 0.3 is 6.03 Å². The number of imide groups is 1. The Morgan fingerprint density at radius 3 is 2.58 bits per heavy atom. The van der Waals surface area contributed by atoms with Gasteiger partial charge in [0, 0.05) is 24.5 Å². The number of hydrogen-bond donors (Lipinski definition) is 3. The van der Waals surface area contributed by atoms with Gasteiger partial charge < -0.3 is 10.6 Å². The molecule has 2 aromatic rings. The Kier molecular flexibility index (Phi) is 6.52. The van der Waals surface area contributed by atoms with Crippen LogP contribution < -0.4 is 16.0 Å². The van der Waals surface area contributed by atoms with Gasteiger partial charge in [0.25, 0.3) is 0 Å². The Balaban J connectivity index is 1.83. The lowest BCUT2D eigenvalue weighted by atomic mass is 10.1. The number of carbonyl (C=O) groups excluding carboxylic acids is 2. The average Bonchev–Trinajstić information content (AvgIpc) is 3.04. The van der Waals surface area contributed by atoms with Gasteiger partial charge in [0.15, 0.2) is 0 Å². The van der Waals surface area contributed by atoms with Crippen molar-refractivity contribution in [1.29, 1.82) is 0 Å². The summed E-state index contributed by atoms with van der Waals surface area (Å²) in [4.78, 5) is 23.9. The molecule has 2 rings (SSSR count). The summed E-state index contributed by atoms with van der Waals surface area (Å²) in [6.45, 7) is 8.53. The van der Waals surface area contributed by atoms with Gasteiger partial charge in [0.1, 0.15) is 0 Å². The van der Waals surface area contributed by atoms with E-state index in [9.17, 15) is 9.59 Å². The smallest absolute Gasteiger partial charge is 0.321 e. The number of nitrogens with one attached hydrogen (secondary N) is 3. The molecule has 0 aliphatic rings. The summed E-state index contributed by atoms with van der Waals surface area (Å²) >= 11 is 0. The second-order valence-electron chi connectivity index (χ2n) is 7.32. The van der Waals surface area contributed by atoms with E-state index >= 15 is 0 Å². The van der Waals surface area contributed by atoms with Crippen molar-refractivity contribution < 1.29 is 9.59 Å². The van der Waals surface area contributed by atoms with Crippen molar-refractivity contribution >= 4 is 11.9 Å². The monoisotopic (exact) mass is 357 g/mol. The van der Waals surface area contributed by atoms with E-state index in [0.717, 1.165) is 11.1 Å². The maximum atomic E-state index is 12.1. The van der Waals surface area contributed by atoms with Crippen LogP contribution in [0.2, 0.25) is 0 Å². The molecule has 1 aromatic carbocycles. The van der Waals surface area contributed by atoms with E-state index in [1.807, 2.05) is 55.9 Å². The van der Waals surface area contributed by atoms with Crippen molar-refractivity contribution in [2.45, 2.75) is 52.4 Å². The molecular formula is C19H27N5O2. The summed E-state index contributed by atoms with van der Waals surface area (Å²) in [5.41, 5.74) is 1.80. The van der Waals surface area contributed by atoms with E-state index in [-0.39, 0.29) is 5.91 Å². The molecule has 0 radical (unpaired) electrons. The number of urea groups is 1. The highest BCUT2D eigenvalue weighted by molar-refractivity contribution is 5.97. The molecule has 0 spiro atoms. The van der Waals surface area contributed by atoms with Crippen molar-refractivity contribution in [3.8, 4) is 0 Å². The fourth-order valence-corrected chi connectivity index (χ4v) is 2.37. The zero-order valence-electron chi connectivity index (χ0n) is 15.7. The molecule has 0 bridgehead atoms. The highest BCUT2D eigenvalue weighted by Crippen LogP contribution is 2.07. The third kappa shape index (κ3) is 6.68. The minimum Gasteiger partial charge on any atom is -0.333 e. The minimum absolute atomic E-state index is 0.362. The summed E-state index contributed by atoms with van der Waals surface area (Å²) in [5, 5.41) is 12.4. The number of rotatable bonds is 6. The van der Waals surface area contributed by atoms with Crippen LogP contribution in [0, 0.1) is 0 Å². The van der Waals surface area contributed by atoms with Crippen LogP contribution in [-0.4, -0.2) is 33.3 Å². The van der Waals surface area contributed by atoms with Gasteiger partial charge in [-0.3, -0.25) is 14.8 Å². The zero-order valence-corrected chi connectivity index (χ0v) is 15.7.